The normalized spacial score (nSPS) is 11.3. The number of thiocarbonyl (C=S) groups is 1. The van der Waals surface area contributed by atoms with Crippen LogP contribution >= 0.6 is 12.2 Å². The molecule has 0 aliphatic rings. The quantitative estimate of drug-likeness (QED) is 0.718. The summed E-state index contributed by atoms with van der Waals surface area (Å²) in [6.45, 7) is 1.71. The average molecular weight is 248 g/mol. The molecule has 6 nitrogen and oxygen atoms in total. The monoisotopic (exact) mass is 248 g/mol. The summed E-state index contributed by atoms with van der Waals surface area (Å²) in [5.74, 6) is -0.364. The molecule has 0 atom stereocenters. The molecule has 0 bridgehead atoms. The Bertz CT molecular complexity index is 477. The van der Waals surface area contributed by atoms with Gasteiger partial charge in [-0.3, -0.25) is 9.40 Å². The smallest absolute Gasteiger partial charge is 0.239 e. The van der Waals surface area contributed by atoms with E-state index in [-0.39, 0.29) is 10.7 Å². The van der Waals surface area contributed by atoms with E-state index in [9.17, 15) is 8.42 Å². The summed E-state index contributed by atoms with van der Waals surface area (Å²) in [4.78, 5) is -0.0657. The van der Waals surface area contributed by atoms with Crippen LogP contribution in [0.25, 0.3) is 0 Å². The molecule has 1 heterocycles. The number of anilines is 1. The molecule has 0 aromatic carbocycles. The Morgan fingerprint density at radius 1 is 1.73 bits per heavy atom. The molecule has 0 amide bonds. The first-order valence-corrected chi connectivity index (χ1v) is 6.15. The first-order chi connectivity index (χ1) is 6.80. The number of sulfonamides is 1. The summed E-state index contributed by atoms with van der Waals surface area (Å²) in [7, 11) is -1.81. The topological polar surface area (TPSA) is 90.0 Å². The van der Waals surface area contributed by atoms with Gasteiger partial charge in [0.15, 0.2) is 0 Å². The molecule has 0 unspecified atom stereocenters. The first-order valence-electron chi connectivity index (χ1n) is 4.09. The molecule has 15 heavy (non-hydrogen) atoms. The van der Waals surface area contributed by atoms with E-state index in [1.807, 2.05) is 0 Å². The minimum Gasteiger partial charge on any atom is -0.392 e. The summed E-state index contributed by atoms with van der Waals surface area (Å²) >= 11 is 4.54. The second-order valence-corrected chi connectivity index (χ2v) is 5.38. The highest BCUT2D eigenvalue weighted by molar-refractivity contribution is 7.95. The number of nitrogens with two attached hydrogens (primary N) is 1. The van der Waals surface area contributed by atoms with Gasteiger partial charge >= 0.3 is 0 Å². The maximum Gasteiger partial charge on any atom is 0.239 e. The van der Waals surface area contributed by atoms with Crippen molar-refractivity contribution in [3.05, 3.63) is 11.9 Å². The SMILES string of the molecule is Cc1nn(C)cc1NS(=O)(=O)CC(N)=S. The molecule has 0 aliphatic heterocycles. The molecule has 0 spiro atoms. The van der Waals surface area contributed by atoms with Crippen LogP contribution < -0.4 is 10.5 Å². The number of nitrogens with zero attached hydrogens (tertiary/aromatic N) is 2. The number of nitrogens with one attached hydrogen (secondary N) is 1. The third-order valence-corrected chi connectivity index (χ3v) is 3.16. The Morgan fingerprint density at radius 3 is 2.73 bits per heavy atom. The van der Waals surface area contributed by atoms with E-state index in [1.54, 1.807) is 20.2 Å². The van der Waals surface area contributed by atoms with Crippen molar-refractivity contribution in [3.63, 3.8) is 0 Å². The number of rotatable bonds is 4. The van der Waals surface area contributed by atoms with Crippen molar-refractivity contribution in [2.75, 3.05) is 10.5 Å². The average Bonchev–Trinajstić information content (AvgIpc) is 2.25. The lowest BCUT2D eigenvalue weighted by molar-refractivity contribution is 0.605. The lowest BCUT2D eigenvalue weighted by atomic mass is 10.4. The van der Waals surface area contributed by atoms with Gasteiger partial charge in [0.25, 0.3) is 0 Å². The summed E-state index contributed by atoms with van der Waals surface area (Å²) < 4.78 is 26.8. The molecule has 1 aromatic heterocycles. The number of hydrogen-bond donors (Lipinski definition) is 2. The van der Waals surface area contributed by atoms with Crippen LogP contribution in [0.1, 0.15) is 5.69 Å². The summed E-state index contributed by atoms with van der Waals surface area (Å²) in [5, 5.41) is 4.00. The molecule has 1 aromatic rings. The Morgan fingerprint density at radius 2 is 2.33 bits per heavy atom. The van der Waals surface area contributed by atoms with Crippen molar-refractivity contribution < 1.29 is 8.42 Å². The minimum atomic E-state index is -3.51. The van der Waals surface area contributed by atoms with Crippen LogP contribution in [-0.4, -0.2) is 28.9 Å². The third-order valence-electron chi connectivity index (χ3n) is 1.61. The highest BCUT2D eigenvalue weighted by Gasteiger charge is 2.14. The third kappa shape index (κ3) is 3.48. The second-order valence-electron chi connectivity index (χ2n) is 3.13. The fraction of sp³-hybridized carbons (Fsp3) is 0.429. The number of aryl methyl sites for hydroxylation is 2. The van der Waals surface area contributed by atoms with Crippen molar-refractivity contribution in [1.29, 1.82) is 0 Å². The zero-order chi connectivity index (χ0) is 11.6. The van der Waals surface area contributed by atoms with Crippen LogP contribution in [-0.2, 0) is 17.1 Å². The Hall–Kier alpha value is -1.15. The maximum atomic E-state index is 11.5. The van der Waals surface area contributed by atoms with E-state index in [1.165, 1.54) is 4.68 Å². The van der Waals surface area contributed by atoms with Crippen LogP contribution in [0.5, 0.6) is 0 Å². The van der Waals surface area contributed by atoms with E-state index in [0.717, 1.165) is 0 Å². The Kier molecular flexibility index (Phi) is 3.30. The van der Waals surface area contributed by atoms with Gasteiger partial charge in [0, 0.05) is 13.2 Å². The van der Waals surface area contributed by atoms with E-state index in [4.69, 9.17) is 5.73 Å². The second kappa shape index (κ2) is 4.15. The van der Waals surface area contributed by atoms with E-state index < -0.39 is 10.0 Å². The van der Waals surface area contributed by atoms with E-state index in [0.29, 0.717) is 11.4 Å². The lowest BCUT2D eigenvalue weighted by Gasteiger charge is -2.04. The van der Waals surface area contributed by atoms with Crippen LogP contribution in [0, 0.1) is 6.92 Å². The van der Waals surface area contributed by atoms with E-state index >= 15 is 0 Å². The Labute approximate surface area is 93.5 Å². The summed E-state index contributed by atoms with van der Waals surface area (Å²) in [6, 6.07) is 0. The maximum absolute atomic E-state index is 11.5. The molecule has 0 saturated carbocycles. The molecule has 0 fully saturated rings. The number of aromatic nitrogens is 2. The predicted molar refractivity (Wildman–Crippen MR) is 62.1 cm³/mol. The molecule has 84 valence electrons. The van der Waals surface area contributed by atoms with Gasteiger partial charge in [0.1, 0.15) is 5.75 Å². The minimum absolute atomic E-state index is 0.0657. The molecule has 0 saturated heterocycles. The summed E-state index contributed by atoms with van der Waals surface area (Å²) in [6.07, 6.45) is 1.58. The molecule has 1 rings (SSSR count). The van der Waals surface area contributed by atoms with Gasteiger partial charge in [0.05, 0.1) is 16.4 Å². The van der Waals surface area contributed by atoms with Crippen LogP contribution in [0.4, 0.5) is 5.69 Å². The molecule has 0 aliphatic carbocycles. The summed E-state index contributed by atoms with van der Waals surface area (Å²) in [5.41, 5.74) is 6.21. The van der Waals surface area contributed by atoms with Crippen LogP contribution in [0.3, 0.4) is 0 Å². The fourth-order valence-electron chi connectivity index (χ4n) is 1.09. The van der Waals surface area contributed by atoms with E-state index in [2.05, 4.69) is 22.0 Å². The van der Waals surface area contributed by atoms with Gasteiger partial charge in [-0.1, -0.05) is 12.2 Å². The van der Waals surface area contributed by atoms with Gasteiger partial charge < -0.3 is 5.73 Å². The first kappa shape index (κ1) is 11.9. The molecule has 8 heteroatoms. The van der Waals surface area contributed by atoms with Crippen LogP contribution in [0.2, 0.25) is 0 Å². The van der Waals surface area contributed by atoms with Crippen molar-refractivity contribution in [3.8, 4) is 0 Å². The van der Waals surface area contributed by atoms with Crippen LogP contribution in [0.15, 0.2) is 6.20 Å². The highest BCUT2D eigenvalue weighted by Crippen LogP contribution is 2.13. The van der Waals surface area contributed by atoms with Crippen molar-refractivity contribution >= 4 is 32.9 Å². The van der Waals surface area contributed by atoms with Gasteiger partial charge in [-0.05, 0) is 6.92 Å². The standard InChI is InChI=1S/C7H12N4O2S2/c1-5-6(3-11(2)9-5)10-15(12,13)4-7(8)14/h3,10H,4H2,1-2H3,(H2,8,14). The zero-order valence-corrected chi connectivity index (χ0v) is 10.0. The van der Waals surface area contributed by atoms with Crippen molar-refractivity contribution in [1.82, 2.24) is 9.78 Å². The van der Waals surface area contributed by atoms with Gasteiger partial charge in [-0.2, -0.15) is 5.10 Å². The molecule has 3 N–H and O–H groups in total. The fourth-order valence-corrected chi connectivity index (χ4v) is 2.54. The highest BCUT2D eigenvalue weighted by atomic mass is 32.2. The lowest BCUT2D eigenvalue weighted by Crippen LogP contribution is -2.26. The molecular weight excluding hydrogens is 236 g/mol. The van der Waals surface area contributed by atoms with Crippen molar-refractivity contribution in [2.45, 2.75) is 6.92 Å². The molecule has 0 radical (unpaired) electrons. The van der Waals surface area contributed by atoms with Gasteiger partial charge in [-0.15, -0.1) is 0 Å². The predicted octanol–water partition coefficient (Wildman–Crippen LogP) is -0.244. The Balaban J connectivity index is 2.86. The number of hydrogen-bond acceptors (Lipinski definition) is 4. The zero-order valence-electron chi connectivity index (χ0n) is 8.39. The van der Waals surface area contributed by atoms with Crippen molar-refractivity contribution in [2.24, 2.45) is 12.8 Å². The van der Waals surface area contributed by atoms with Gasteiger partial charge in [-0.25, -0.2) is 8.42 Å². The largest absolute Gasteiger partial charge is 0.392 e. The van der Waals surface area contributed by atoms with Gasteiger partial charge in [0.2, 0.25) is 10.0 Å². The molecular formula is C7H12N4O2S2.